The average Bonchev–Trinajstić information content (AvgIpc) is 2.81. The van der Waals surface area contributed by atoms with E-state index in [1.54, 1.807) is 0 Å². The van der Waals surface area contributed by atoms with Crippen molar-refractivity contribution in [1.29, 1.82) is 0 Å². The fourth-order valence-electron chi connectivity index (χ4n) is 2.81. The van der Waals surface area contributed by atoms with Crippen LogP contribution >= 0.6 is 43.6 Å². The van der Waals surface area contributed by atoms with Crippen molar-refractivity contribution in [2.24, 2.45) is 10.9 Å². The van der Waals surface area contributed by atoms with Crippen molar-refractivity contribution in [3.63, 3.8) is 0 Å². The molecule has 1 saturated carbocycles. The van der Waals surface area contributed by atoms with Gasteiger partial charge in [0.25, 0.3) is 0 Å². The van der Waals surface area contributed by atoms with E-state index in [0.29, 0.717) is 0 Å². The van der Waals surface area contributed by atoms with E-state index in [2.05, 4.69) is 50.2 Å². The molecule has 0 saturated heterocycles. The molecule has 0 radical (unpaired) electrons. The van der Waals surface area contributed by atoms with Crippen LogP contribution in [-0.2, 0) is 0 Å². The molecule has 1 heterocycles. The first kappa shape index (κ1) is 14.9. The molecule has 1 aromatic rings. The lowest BCUT2D eigenvalue weighted by Crippen LogP contribution is -2.32. The van der Waals surface area contributed by atoms with Crippen LogP contribution in [0.15, 0.2) is 32.1 Å². The van der Waals surface area contributed by atoms with Gasteiger partial charge in [-0.05, 0) is 65.7 Å². The molecule has 20 heavy (non-hydrogen) atoms. The molecule has 1 aromatic carbocycles. The van der Waals surface area contributed by atoms with Crippen LogP contribution in [0.5, 0.6) is 0 Å². The van der Waals surface area contributed by atoms with Crippen LogP contribution in [0.3, 0.4) is 0 Å². The lowest BCUT2D eigenvalue weighted by atomic mass is 9.79. The molecule has 0 amide bonds. The molecule has 2 aliphatic rings. The van der Waals surface area contributed by atoms with Crippen LogP contribution < -0.4 is 5.32 Å². The summed E-state index contributed by atoms with van der Waals surface area (Å²) in [5, 5.41) is 4.54. The first-order valence-corrected chi connectivity index (χ1v) is 9.58. The van der Waals surface area contributed by atoms with E-state index in [4.69, 9.17) is 4.99 Å². The zero-order valence-electron chi connectivity index (χ0n) is 11.5. The van der Waals surface area contributed by atoms with Gasteiger partial charge in [0.05, 0.1) is 11.2 Å². The molecule has 2 nitrogen and oxygen atoms in total. The highest BCUT2D eigenvalue weighted by Gasteiger charge is 2.38. The minimum absolute atomic E-state index is 0.206. The Kier molecular flexibility index (Phi) is 4.48. The fourth-order valence-corrected chi connectivity index (χ4v) is 4.72. The van der Waals surface area contributed by atoms with Gasteiger partial charge in [0.1, 0.15) is 0 Å². The first-order chi connectivity index (χ1) is 9.56. The maximum atomic E-state index is 5.01. The third-order valence-electron chi connectivity index (χ3n) is 4.19. The monoisotopic (exact) mass is 416 g/mol. The van der Waals surface area contributed by atoms with Gasteiger partial charge in [0, 0.05) is 14.7 Å². The van der Waals surface area contributed by atoms with Crippen LogP contribution in [-0.4, -0.2) is 16.5 Å². The Hall–Kier alpha value is -0.000000000000000111. The Morgan fingerprint density at radius 1 is 1.30 bits per heavy atom. The highest BCUT2D eigenvalue weighted by atomic mass is 79.9. The number of nitrogens with one attached hydrogen (secondary N) is 1. The highest BCUT2D eigenvalue weighted by molar-refractivity contribution is 9.11. The molecule has 1 N–H and O–H groups in total. The van der Waals surface area contributed by atoms with Gasteiger partial charge >= 0.3 is 0 Å². The van der Waals surface area contributed by atoms with Gasteiger partial charge in [0.15, 0.2) is 5.17 Å². The van der Waals surface area contributed by atoms with Crippen LogP contribution in [0.4, 0.5) is 5.69 Å². The molecular weight excluding hydrogens is 400 g/mol. The van der Waals surface area contributed by atoms with E-state index in [1.165, 1.54) is 25.7 Å². The predicted molar refractivity (Wildman–Crippen MR) is 95.7 cm³/mol. The Balaban J connectivity index is 1.74. The third-order valence-corrected chi connectivity index (χ3v) is 6.52. The Bertz CT molecular complexity index is 537. The van der Waals surface area contributed by atoms with Crippen molar-refractivity contribution in [2.45, 2.75) is 38.1 Å². The van der Waals surface area contributed by atoms with Crippen LogP contribution in [0.25, 0.3) is 0 Å². The third kappa shape index (κ3) is 3.25. The van der Waals surface area contributed by atoms with Crippen LogP contribution in [0, 0.1) is 5.92 Å². The number of amidine groups is 1. The topological polar surface area (TPSA) is 24.4 Å². The molecule has 0 bridgehead atoms. The second-order valence-corrected chi connectivity index (χ2v) is 8.60. The second kappa shape index (κ2) is 6.01. The highest BCUT2D eigenvalue weighted by Crippen LogP contribution is 2.42. The lowest BCUT2D eigenvalue weighted by molar-refractivity contribution is 0.273. The molecule has 1 aliphatic carbocycles. The average molecular weight is 418 g/mol. The number of hydrogen-bond donors (Lipinski definition) is 1. The minimum atomic E-state index is 0.206. The SMILES string of the molecule is CC1CCC2(CC1)CSC(Nc1cc(Br)ccc1Br)=N2. The summed E-state index contributed by atoms with van der Waals surface area (Å²) in [5.74, 6) is 2.00. The maximum Gasteiger partial charge on any atom is 0.161 e. The molecule has 0 atom stereocenters. The zero-order valence-corrected chi connectivity index (χ0v) is 15.4. The van der Waals surface area contributed by atoms with Gasteiger partial charge in [0.2, 0.25) is 0 Å². The van der Waals surface area contributed by atoms with E-state index in [1.807, 2.05) is 23.9 Å². The van der Waals surface area contributed by atoms with Crippen molar-refractivity contribution in [3.8, 4) is 0 Å². The molecule has 1 aliphatic heterocycles. The van der Waals surface area contributed by atoms with E-state index < -0.39 is 0 Å². The molecular formula is C15H18Br2N2S. The van der Waals surface area contributed by atoms with Gasteiger partial charge in [-0.25, -0.2) is 0 Å². The van der Waals surface area contributed by atoms with Crippen LogP contribution in [0.1, 0.15) is 32.6 Å². The number of benzene rings is 1. The van der Waals surface area contributed by atoms with Crippen molar-refractivity contribution in [3.05, 3.63) is 27.1 Å². The van der Waals surface area contributed by atoms with Crippen LogP contribution in [0.2, 0.25) is 0 Å². The molecule has 1 spiro atoms. The van der Waals surface area contributed by atoms with Gasteiger partial charge in [-0.1, -0.05) is 34.6 Å². The van der Waals surface area contributed by atoms with Gasteiger partial charge in [-0.15, -0.1) is 0 Å². The standard InChI is InChI=1S/C15H18Br2N2S/c1-10-4-6-15(7-5-10)9-20-14(19-15)18-13-8-11(16)2-3-12(13)17/h2-3,8,10H,4-7,9H2,1H3,(H,18,19). The minimum Gasteiger partial charge on any atom is -0.334 e. The summed E-state index contributed by atoms with van der Waals surface area (Å²) < 4.78 is 2.15. The smallest absolute Gasteiger partial charge is 0.161 e. The summed E-state index contributed by atoms with van der Waals surface area (Å²) in [6, 6.07) is 6.16. The van der Waals surface area contributed by atoms with Gasteiger partial charge < -0.3 is 5.32 Å². The van der Waals surface area contributed by atoms with Crippen molar-refractivity contribution in [1.82, 2.24) is 0 Å². The number of nitrogens with zero attached hydrogens (tertiary/aromatic N) is 1. The number of anilines is 1. The summed E-state index contributed by atoms with van der Waals surface area (Å²) >= 11 is 8.96. The molecule has 1 fully saturated rings. The summed E-state index contributed by atoms with van der Waals surface area (Å²) in [6.07, 6.45) is 5.12. The zero-order chi connectivity index (χ0) is 14.2. The molecule has 0 unspecified atom stereocenters. The maximum absolute atomic E-state index is 5.01. The first-order valence-electron chi connectivity index (χ1n) is 7.01. The Morgan fingerprint density at radius 3 is 2.80 bits per heavy atom. The number of hydrogen-bond acceptors (Lipinski definition) is 3. The molecule has 3 rings (SSSR count). The molecule has 108 valence electrons. The summed E-state index contributed by atoms with van der Waals surface area (Å²) in [4.78, 5) is 5.01. The van der Waals surface area contributed by atoms with E-state index in [9.17, 15) is 0 Å². The number of thioether (sulfide) groups is 1. The summed E-state index contributed by atoms with van der Waals surface area (Å²) in [6.45, 7) is 2.36. The van der Waals surface area contributed by atoms with Gasteiger partial charge in [-0.3, -0.25) is 4.99 Å². The number of halogens is 2. The lowest BCUT2D eigenvalue weighted by Gasteiger charge is -2.32. The summed E-state index contributed by atoms with van der Waals surface area (Å²) in [5.41, 5.74) is 1.28. The number of aliphatic imine (C=N–C) groups is 1. The summed E-state index contributed by atoms with van der Waals surface area (Å²) in [7, 11) is 0. The van der Waals surface area contributed by atoms with E-state index >= 15 is 0 Å². The fraction of sp³-hybridized carbons (Fsp3) is 0.533. The molecule has 5 heteroatoms. The number of rotatable bonds is 1. The normalized spacial score (nSPS) is 29.6. The van der Waals surface area contributed by atoms with Crippen molar-refractivity contribution >= 4 is 54.5 Å². The van der Waals surface area contributed by atoms with Crippen molar-refractivity contribution < 1.29 is 0 Å². The second-order valence-electron chi connectivity index (χ2n) is 5.86. The van der Waals surface area contributed by atoms with E-state index in [0.717, 1.165) is 31.5 Å². The van der Waals surface area contributed by atoms with Crippen molar-refractivity contribution in [2.75, 3.05) is 11.1 Å². The predicted octanol–water partition coefficient (Wildman–Crippen LogP) is 5.68. The molecule has 0 aromatic heterocycles. The Labute approximate surface area is 141 Å². The van der Waals surface area contributed by atoms with Gasteiger partial charge in [-0.2, -0.15) is 0 Å². The quantitative estimate of drug-likeness (QED) is 0.635. The Morgan fingerprint density at radius 2 is 2.05 bits per heavy atom. The largest absolute Gasteiger partial charge is 0.334 e. The van der Waals surface area contributed by atoms with E-state index in [-0.39, 0.29) is 5.54 Å².